The predicted octanol–water partition coefficient (Wildman–Crippen LogP) is -0.857. The maximum absolute atomic E-state index is 5.41. The smallest absolute Gasteiger partial charge is 0.213 e. The van der Waals surface area contributed by atoms with Crippen LogP contribution in [0.3, 0.4) is 0 Å². The first-order chi connectivity index (χ1) is 5.22. The summed E-state index contributed by atoms with van der Waals surface area (Å²) in [6.45, 7) is 1.53. The van der Waals surface area contributed by atoms with Gasteiger partial charge in [0.1, 0.15) is 0 Å². The highest BCUT2D eigenvalue weighted by atomic mass is 16.5. The van der Waals surface area contributed by atoms with Crippen LogP contribution in [0.5, 0.6) is 0 Å². The lowest BCUT2D eigenvalue weighted by atomic mass is 10.4. The van der Waals surface area contributed by atoms with Crippen LogP contribution in [0.25, 0.3) is 0 Å². The van der Waals surface area contributed by atoms with E-state index in [-0.39, 0.29) is 0 Å². The molecule has 0 unspecified atom stereocenters. The van der Waals surface area contributed by atoms with Gasteiger partial charge in [-0.25, -0.2) is 0 Å². The predicted molar refractivity (Wildman–Crippen MR) is 44.9 cm³/mol. The maximum Gasteiger partial charge on any atom is 0.213 e. The van der Waals surface area contributed by atoms with E-state index in [1.165, 1.54) is 0 Å². The van der Waals surface area contributed by atoms with Crippen LogP contribution in [0.1, 0.15) is 6.42 Å². The Kier molecular flexibility index (Phi) is 5.28. The Balaban J connectivity index is 3.44. The molecule has 0 aromatic rings. The number of methoxy groups -OCH3 is 1. The summed E-state index contributed by atoms with van der Waals surface area (Å²) in [5.74, 6) is 5.32. The van der Waals surface area contributed by atoms with E-state index in [0.29, 0.717) is 5.96 Å². The highest BCUT2D eigenvalue weighted by Gasteiger charge is 1.98. The molecule has 11 heavy (non-hydrogen) atoms. The molecule has 0 aliphatic rings. The molecule has 0 aromatic carbocycles. The number of guanidine groups is 1. The first-order valence-electron chi connectivity index (χ1n) is 3.45. The van der Waals surface area contributed by atoms with Crippen molar-refractivity contribution in [1.29, 1.82) is 0 Å². The number of hydrazone groups is 1. The van der Waals surface area contributed by atoms with Crippen LogP contribution in [0.4, 0.5) is 0 Å². The zero-order valence-electron chi connectivity index (χ0n) is 7.08. The van der Waals surface area contributed by atoms with E-state index in [2.05, 4.69) is 5.10 Å². The van der Waals surface area contributed by atoms with Gasteiger partial charge in [-0.05, 0) is 6.42 Å². The molecular formula is C6H16N4O. The molecule has 0 aliphatic carbocycles. The Bertz CT molecular complexity index is 126. The Morgan fingerprint density at radius 3 is 2.73 bits per heavy atom. The summed E-state index contributed by atoms with van der Waals surface area (Å²) in [5.41, 5.74) is 5.41. The normalized spacial score (nSPS) is 11.6. The molecule has 0 radical (unpaired) electrons. The van der Waals surface area contributed by atoms with Gasteiger partial charge in [0.05, 0.1) is 0 Å². The molecule has 0 saturated carbocycles. The maximum atomic E-state index is 5.41. The molecule has 0 aliphatic heterocycles. The molecule has 5 nitrogen and oxygen atoms in total. The van der Waals surface area contributed by atoms with Crippen molar-refractivity contribution in [2.75, 3.05) is 27.3 Å². The van der Waals surface area contributed by atoms with Gasteiger partial charge in [-0.1, -0.05) is 0 Å². The third-order valence-corrected chi connectivity index (χ3v) is 1.37. The summed E-state index contributed by atoms with van der Waals surface area (Å²) >= 11 is 0. The van der Waals surface area contributed by atoms with Gasteiger partial charge in [-0.3, -0.25) is 0 Å². The van der Waals surface area contributed by atoms with Crippen molar-refractivity contribution >= 4 is 5.96 Å². The number of ether oxygens (including phenoxy) is 1. The van der Waals surface area contributed by atoms with Gasteiger partial charge < -0.3 is 21.2 Å². The largest absolute Gasteiger partial charge is 0.385 e. The fourth-order valence-corrected chi connectivity index (χ4v) is 0.659. The average Bonchev–Trinajstić information content (AvgIpc) is 2.03. The lowest BCUT2D eigenvalue weighted by Crippen LogP contribution is -2.35. The summed E-state index contributed by atoms with van der Waals surface area (Å²) < 4.78 is 4.87. The van der Waals surface area contributed by atoms with Crippen LogP contribution < -0.4 is 11.6 Å². The van der Waals surface area contributed by atoms with Crippen molar-refractivity contribution in [2.24, 2.45) is 16.7 Å². The zero-order chi connectivity index (χ0) is 8.69. The lowest BCUT2D eigenvalue weighted by molar-refractivity contribution is 0.188. The number of rotatable bonds is 4. The summed E-state index contributed by atoms with van der Waals surface area (Å²) in [7, 11) is 3.50. The SMILES string of the molecule is COCCCN(C)C(N)=NN. The monoisotopic (exact) mass is 160 g/mol. The van der Waals surface area contributed by atoms with E-state index in [9.17, 15) is 0 Å². The van der Waals surface area contributed by atoms with Gasteiger partial charge >= 0.3 is 0 Å². The molecule has 0 rings (SSSR count). The summed E-state index contributed by atoms with van der Waals surface area (Å²) in [6.07, 6.45) is 0.920. The van der Waals surface area contributed by atoms with Crippen LogP contribution in [-0.4, -0.2) is 38.2 Å². The molecular weight excluding hydrogens is 144 g/mol. The number of hydrogen-bond donors (Lipinski definition) is 2. The van der Waals surface area contributed by atoms with Crippen molar-refractivity contribution in [3.05, 3.63) is 0 Å². The van der Waals surface area contributed by atoms with Gasteiger partial charge in [-0.15, -0.1) is 5.10 Å². The highest BCUT2D eigenvalue weighted by Crippen LogP contribution is 1.86. The molecule has 66 valence electrons. The quantitative estimate of drug-likeness (QED) is 0.184. The molecule has 0 spiro atoms. The van der Waals surface area contributed by atoms with Crippen molar-refractivity contribution in [3.8, 4) is 0 Å². The van der Waals surface area contributed by atoms with E-state index >= 15 is 0 Å². The molecule has 0 aromatic heterocycles. The van der Waals surface area contributed by atoms with Crippen molar-refractivity contribution in [3.63, 3.8) is 0 Å². The number of nitrogens with two attached hydrogens (primary N) is 2. The molecule has 0 fully saturated rings. The van der Waals surface area contributed by atoms with Crippen molar-refractivity contribution in [1.82, 2.24) is 4.90 Å². The first kappa shape index (κ1) is 10.0. The second-order valence-corrected chi connectivity index (χ2v) is 2.26. The minimum Gasteiger partial charge on any atom is -0.385 e. The minimum absolute atomic E-state index is 0.348. The number of hydrogen-bond acceptors (Lipinski definition) is 3. The summed E-state index contributed by atoms with van der Waals surface area (Å²) in [5, 5.41) is 3.35. The molecule has 4 N–H and O–H groups in total. The van der Waals surface area contributed by atoms with Gasteiger partial charge in [0.2, 0.25) is 5.96 Å². The first-order valence-corrected chi connectivity index (χ1v) is 3.45. The van der Waals surface area contributed by atoms with Crippen molar-refractivity contribution in [2.45, 2.75) is 6.42 Å². The highest BCUT2D eigenvalue weighted by molar-refractivity contribution is 5.77. The van der Waals surface area contributed by atoms with Crippen LogP contribution in [0, 0.1) is 0 Å². The fourth-order valence-electron chi connectivity index (χ4n) is 0.659. The van der Waals surface area contributed by atoms with E-state index in [1.54, 1.807) is 12.0 Å². The van der Waals surface area contributed by atoms with Gasteiger partial charge in [0.15, 0.2) is 0 Å². The zero-order valence-corrected chi connectivity index (χ0v) is 7.08. The van der Waals surface area contributed by atoms with Crippen LogP contribution >= 0.6 is 0 Å². The molecule has 0 saturated heterocycles. The molecule has 0 bridgehead atoms. The van der Waals surface area contributed by atoms with Gasteiger partial charge in [0, 0.05) is 27.3 Å². The standard InChI is InChI=1S/C6H16N4O/c1-10(6(7)9-8)4-3-5-11-2/h3-5,8H2,1-2H3,(H2,7,9). The second kappa shape index (κ2) is 5.79. The van der Waals surface area contributed by atoms with Crippen molar-refractivity contribution < 1.29 is 4.74 Å². The van der Waals surface area contributed by atoms with E-state index in [0.717, 1.165) is 19.6 Å². The van der Waals surface area contributed by atoms with Crippen LogP contribution in [0.2, 0.25) is 0 Å². The Morgan fingerprint density at radius 1 is 1.64 bits per heavy atom. The Labute approximate surface area is 67.0 Å². The third-order valence-electron chi connectivity index (χ3n) is 1.37. The number of nitrogens with zero attached hydrogens (tertiary/aromatic N) is 2. The molecule has 0 atom stereocenters. The lowest BCUT2D eigenvalue weighted by Gasteiger charge is -2.16. The topological polar surface area (TPSA) is 76.9 Å². The Hall–Kier alpha value is -0.970. The molecule has 5 heteroatoms. The van der Waals surface area contributed by atoms with Crippen LogP contribution in [-0.2, 0) is 4.74 Å². The summed E-state index contributed by atoms with van der Waals surface area (Å²) in [4.78, 5) is 1.78. The van der Waals surface area contributed by atoms with Gasteiger partial charge in [0.25, 0.3) is 0 Å². The second-order valence-electron chi connectivity index (χ2n) is 2.26. The van der Waals surface area contributed by atoms with E-state index in [1.807, 2.05) is 7.05 Å². The fraction of sp³-hybridized carbons (Fsp3) is 0.833. The minimum atomic E-state index is 0.348. The third kappa shape index (κ3) is 4.44. The molecule has 0 amide bonds. The van der Waals surface area contributed by atoms with E-state index in [4.69, 9.17) is 16.3 Å². The molecule has 0 heterocycles. The average molecular weight is 160 g/mol. The van der Waals surface area contributed by atoms with E-state index < -0.39 is 0 Å². The summed E-state index contributed by atoms with van der Waals surface area (Å²) in [6, 6.07) is 0. The van der Waals surface area contributed by atoms with Gasteiger partial charge in [-0.2, -0.15) is 0 Å². The van der Waals surface area contributed by atoms with Crippen LogP contribution in [0.15, 0.2) is 5.10 Å². The Morgan fingerprint density at radius 2 is 2.27 bits per heavy atom.